The molecule has 1 aromatic heterocycles. The zero-order valence-electron chi connectivity index (χ0n) is 13.4. The lowest BCUT2D eigenvalue weighted by molar-refractivity contribution is 0.102. The van der Waals surface area contributed by atoms with E-state index in [0.717, 1.165) is 21.3 Å². The molecule has 0 aliphatic heterocycles. The minimum Gasteiger partial charge on any atom is -0.322 e. The zero-order chi connectivity index (χ0) is 17.1. The molecule has 4 nitrogen and oxygen atoms in total. The Morgan fingerprint density at radius 1 is 1.08 bits per heavy atom. The number of aryl methyl sites for hydroxylation is 2. The van der Waals surface area contributed by atoms with Crippen LogP contribution in [0.25, 0.3) is 11.4 Å². The summed E-state index contributed by atoms with van der Waals surface area (Å²) in [6.07, 6.45) is 1.58. The van der Waals surface area contributed by atoms with Crippen LogP contribution in [-0.2, 0) is 0 Å². The van der Waals surface area contributed by atoms with Crippen LogP contribution in [0.4, 0.5) is 5.69 Å². The minimum atomic E-state index is -0.214. The molecule has 0 saturated heterocycles. The van der Waals surface area contributed by atoms with Crippen LogP contribution in [0.1, 0.15) is 21.6 Å². The predicted octanol–water partition coefficient (Wildman–Crippen LogP) is 4.78. The third kappa shape index (κ3) is 3.51. The number of anilines is 1. The molecular formula is C19H16BrN3O. The number of hydrogen-bond acceptors (Lipinski definition) is 3. The number of rotatable bonds is 3. The van der Waals surface area contributed by atoms with E-state index in [1.54, 1.807) is 6.20 Å². The van der Waals surface area contributed by atoms with Gasteiger partial charge in [-0.2, -0.15) is 0 Å². The maximum Gasteiger partial charge on any atom is 0.259 e. The normalized spacial score (nSPS) is 10.5. The van der Waals surface area contributed by atoms with Gasteiger partial charge in [-0.3, -0.25) is 4.79 Å². The summed E-state index contributed by atoms with van der Waals surface area (Å²) >= 11 is 3.45. The van der Waals surface area contributed by atoms with Crippen molar-refractivity contribution in [2.45, 2.75) is 13.8 Å². The second-order valence-corrected chi connectivity index (χ2v) is 6.33. The standard InChI is InChI=1S/C19H16BrN3O/c1-12-10-15(8-9-17(12)20)23-19(24)16-11-21-18(22-13(16)2)14-6-4-3-5-7-14/h3-11H,1-2H3,(H,23,24). The third-order valence-corrected chi connectivity index (χ3v) is 4.56. The van der Waals surface area contributed by atoms with Gasteiger partial charge in [-0.15, -0.1) is 0 Å². The van der Waals surface area contributed by atoms with E-state index >= 15 is 0 Å². The number of amides is 1. The molecule has 5 heteroatoms. The van der Waals surface area contributed by atoms with Gasteiger partial charge in [0.2, 0.25) is 0 Å². The Morgan fingerprint density at radius 2 is 1.83 bits per heavy atom. The van der Waals surface area contributed by atoms with E-state index in [1.165, 1.54) is 0 Å². The van der Waals surface area contributed by atoms with Gasteiger partial charge in [-0.25, -0.2) is 9.97 Å². The quantitative estimate of drug-likeness (QED) is 0.710. The number of benzene rings is 2. The fraction of sp³-hybridized carbons (Fsp3) is 0.105. The Hall–Kier alpha value is -2.53. The topological polar surface area (TPSA) is 54.9 Å². The molecule has 3 aromatic rings. The van der Waals surface area contributed by atoms with E-state index in [1.807, 2.05) is 62.4 Å². The number of hydrogen-bond donors (Lipinski definition) is 1. The average Bonchev–Trinajstić information content (AvgIpc) is 2.59. The number of halogens is 1. The van der Waals surface area contributed by atoms with Crippen molar-refractivity contribution < 1.29 is 4.79 Å². The average molecular weight is 382 g/mol. The van der Waals surface area contributed by atoms with Crippen molar-refractivity contribution in [2.75, 3.05) is 5.32 Å². The van der Waals surface area contributed by atoms with Gasteiger partial charge < -0.3 is 5.32 Å². The number of nitrogens with one attached hydrogen (secondary N) is 1. The van der Waals surface area contributed by atoms with E-state index in [4.69, 9.17) is 0 Å². The largest absolute Gasteiger partial charge is 0.322 e. The van der Waals surface area contributed by atoms with Gasteiger partial charge in [0.15, 0.2) is 5.82 Å². The second kappa shape index (κ2) is 6.93. The molecule has 0 spiro atoms. The minimum absolute atomic E-state index is 0.214. The van der Waals surface area contributed by atoms with Crippen LogP contribution in [0.5, 0.6) is 0 Å². The molecule has 24 heavy (non-hydrogen) atoms. The first-order valence-corrected chi connectivity index (χ1v) is 8.30. The smallest absolute Gasteiger partial charge is 0.259 e. The lowest BCUT2D eigenvalue weighted by Gasteiger charge is -2.09. The first-order chi connectivity index (χ1) is 11.5. The Kier molecular flexibility index (Phi) is 4.71. The Balaban J connectivity index is 1.84. The lowest BCUT2D eigenvalue weighted by Crippen LogP contribution is -2.15. The van der Waals surface area contributed by atoms with Crippen LogP contribution in [0.2, 0.25) is 0 Å². The molecule has 0 saturated carbocycles. The SMILES string of the molecule is Cc1cc(NC(=O)c2cnc(-c3ccccc3)nc2C)ccc1Br. The summed E-state index contributed by atoms with van der Waals surface area (Å²) in [7, 11) is 0. The molecule has 0 unspecified atom stereocenters. The molecule has 0 aliphatic carbocycles. The van der Waals surface area contributed by atoms with Gasteiger partial charge in [0.05, 0.1) is 11.3 Å². The Morgan fingerprint density at radius 3 is 2.50 bits per heavy atom. The maximum absolute atomic E-state index is 12.5. The van der Waals surface area contributed by atoms with Crippen LogP contribution in [0.3, 0.4) is 0 Å². The van der Waals surface area contributed by atoms with Crippen molar-refractivity contribution in [1.29, 1.82) is 0 Å². The number of aromatic nitrogens is 2. The van der Waals surface area contributed by atoms with Gasteiger partial charge in [-0.1, -0.05) is 46.3 Å². The fourth-order valence-corrected chi connectivity index (χ4v) is 2.58. The highest BCUT2D eigenvalue weighted by Gasteiger charge is 2.13. The summed E-state index contributed by atoms with van der Waals surface area (Å²) in [5, 5.41) is 2.89. The Labute approximate surface area is 149 Å². The molecule has 1 N–H and O–H groups in total. The molecule has 1 heterocycles. The van der Waals surface area contributed by atoms with Crippen LogP contribution >= 0.6 is 15.9 Å². The molecule has 3 rings (SSSR count). The van der Waals surface area contributed by atoms with Crippen molar-refractivity contribution in [2.24, 2.45) is 0 Å². The number of carbonyl (C=O) groups excluding carboxylic acids is 1. The highest BCUT2D eigenvalue weighted by Crippen LogP contribution is 2.21. The molecule has 2 aromatic carbocycles. The first kappa shape index (κ1) is 16.3. The van der Waals surface area contributed by atoms with Gasteiger partial charge >= 0.3 is 0 Å². The van der Waals surface area contributed by atoms with Crippen molar-refractivity contribution >= 4 is 27.5 Å². The van der Waals surface area contributed by atoms with Gasteiger partial charge in [0, 0.05) is 21.9 Å². The molecule has 1 amide bonds. The molecular weight excluding hydrogens is 366 g/mol. The van der Waals surface area contributed by atoms with E-state index in [2.05, 4.69) is 31.2 Å². The predicted molar refractivity (Wildman–Crippen MR) is 99.0 cm³/mol. The highest BCUT2D eigenvalue weighted by atomic mass is 79.9. The van der Waals surface area contributed by atoms with Crippen LogP contribution < -0.4 is 5.32 Å². The van der Waals surface area contributed by atoms with Crippen molar-refractivity contribution in [3.63, 3.8) is 0 Å². The summed E-state index contributed by atoms with van der Waals surface area (Å²) in [6.45, 7) is 3.79. The monoisotopic (exact) mass is 381 g/mol. The molecule has 0 atom stereocenters. The van der Waals surface area contributed by atoms with Gasteiger partial charge in [0.25, 0.3) is 5.91 Å². The molecule has 0 aliphatic rings. The van der Waals surface area contributed by atoms with Crippen LogP contribution in [0, 0.1) is 13.8 Å². The number of carbonyl (C=O) groups is 1. The summed E-state index contributed by atoms with van der Waals surface area (Å²) in [4.78, 5) is 21.3. The summed E-state index contributed by atoms with van der Waals surface area (Å²) < 4.78 is 1.01. The van der Waals surface area contributed by atoms with Crippen molar-refractivity contribution in [3.8, 4) is 11.4 Å². The van der Waals surface area contributed by atoms with Crippen LogP contribution in [-0.4, -0.2) is 15.9 Å². The van der Waals surface area contributed by atoms with E-state index in [9.17, 15) is 4.79 Å². The highest BCUT2D eigenvalue weighted by molar-refractivity contribution is 9.10. The fourth-order valence-electron chi connectivity index (χ4n) is 2.34. The molecule has 120 valence electrons. The van der Waals surface area contributed by atoms with Crippen LogP contribution in [0.15, 0.2) is 59.2 Å². The van der Waals surface area contributed by atoms with Gasteiger partial charge in [0.1, 0.15) is 0 Å². The summed E-state index contributed by atoms with van der Waals surface area (Å²) in [6, 6.07) is 15.4. The lowest BCUT2D eigenvalue weighted by atomic mass is 10.1. The molecule has 0 radical (unpaired) electrons. The Bertz CT molecular complexity index is 894. The zero-order valence-corrected chi connectivity index (χ0v) is 15.0. The van der Waals surface area contributed by atoms with Crippen molar-refractivity contribution in [3.05, 3.63) is 76.0 Å². The third-order valence-electron chi connectivity index (χ3n) is 3.67. The van der Waals surface area contributed by atoms with E-state index in [-0.39, 0.29) is 5.91 Å². The first-order valence-electron chi connectivity index (χ1n) is 7.51. The molecule has 0 fully saturated rings. The van der Waals surface area contributed by atoms with Gasteiger partial charge in [-0.05, 0) is 37.6 Å². The number of nitrogens with zero attached hydrogens (tertiary/aromatic N) is 2. The summed E-state index contributed by atoms with van der Waals surface area (Å²) in [5.74, 6) is 0.401. The second-order valence-electron chi connectivity index (χ2n) is 5.48. The maximum atomic E-state index is 12.5. The van der Waals surface area contributed by atoms with E-state index in [0.29, 0.717) is 17.1 Å². The summed E-state index contributed by atoms with van der Waals surface area (Å²) in [5.41, 5.74) is 3.84. The van der Waals surface area contributed by atoms with Crippen molar-refractivity contribution in [1.82, 2.24) is 9.97 Å². The van der Waals surface area contributed by atoms with E-state index < -0.39 is 0 Å². The molecule has 0 bridgehead atoms.